The van der Waals surface area contributed by atoms with Gasteiger partial charge in [0.2, 0.25) is 0 Å². The zero-order valence-electron chi connectivity index (χ0n) is 8.32. The molecule has 4 heteroatoms. The molecule has 2 rings (SSSR count). The number of aromatic nitrogens is 2. The van der Waals surface area contributed by atoms with Crippen molar-refractivity contribution < 1.29 is 0 Å². The van der Waals surface area contributed by atoms with Crippen LogP contribution in [0.15, 0.2) is 23.5 Å². The highest BCUT2D eigenvalue weighted by Crippen LogP contribution is 2.03. The van der Waals surface area contributed by atoms with Gasteiger partial charge < -0.3 is 5.32 Å². The maximum Gasteiger partial charge on any atom is 0.0963 e. The van der Waals surface area contributed by atoms with Crippen LogP contribution in [0.3, 0.4) is 0 Å². The maximum atomic E-state index is 4.42. The van der Waals surface area contributed by atoms with Crippen LogP contribution in [0.4, 0.5) is 0 Å². The molecule has 1 aromatic rings. The van der Waals surface area contributed by atoms with Gasteiger partial charge in [0, 0.05) is 31.9 Å². The lowest BCUT2D eigenvalue weighted by molar-refractivity contribution is 0.594. The van der Waals surface area contributed by atoms with Crippen molar-refractivity contribution in [3.63, 3.8) is 0 Å². The second kappa shape index (κ2) is 4.79. The lowest BCUT2D eigenvalue weighted by Gasteiger charge is -2.13. The number of rotatable bonds is 3. The topological polar surface area (TPSA) is 42.2 Å². The van der Waals surface area contributed by atoms with Crippen LogP contribution >= 0.6 is 0 Å². The first-order chi connectivity index (χ1) is 6.95. The Morgan fingerprint density at radius 2 is 2.43 bits per heavy atom. The van der Waals surface area contributed by atoms with E-state index in [0.29, 0.717) is 0 Å². The molecule has 0 bridgehead atoms. The van der Waals surface area contributed by atoms with Crippen molar-refractivity contribution in [2.24, 2.45) is 4.99 Å². The van der Waals surface area contributed by atoms with Gasteiger partial charge in [-0.15, -0.1) is 0 Å². The van der Waals surface area contributed by atoms with Gasteiger partial charge in [-0.05, 0) is 18.9 Å². The summed E-state index contributed by atoms with van der Waals surface area (Å²) in [7, 11) is 0. The molecule has 1 aliphatic heterocycles. The molecule has 1 aliphatic rings. The molecule has 0 spiro atoms. The average molecular weight is 192 g/mol. The molecular weight excluding hydrogens is 176 g/mol. The monoisotopic (exact) mass is 192 g/mol. The molecule has 1 N–H and O–H groups in total. The SMILES string of the molecule is c1cnn(CCNC2=NCCCC2)c1. The van der Waals surface area contributed by atoms with Gasteiger partial charge in [0.15, 0.2) is 0 Å². The average Bonchev–Trinajstić information content (AvgIpc) is 2.72. The molecule has 14 heavy (non-hydrogen) atoms. The van der Waals surface area contributed by atoms with Crippen LogP contribution < -0.4 is 5.32 Å². The van der Waals surface area contributed by atoms with E-state index in [1.807, 2.05) is 16.9 Å². The summed E-state index contributed by atoms with van der Waals surface area (Å²) in [4.78, 5) is 4.42. The van der Waals surface area contributed by atoms with Crippen molar-refractivity contribution >= 4 is 5.84 Å². The smallest absolute Gasteiger partial charge is 0.0963 e. The minimum atomic E-state index is 0.909. The van der Waals surface area contributed by atoms with Crippen LogP contribution in [0.2, 0.25) is 0 Å². The van der Waals surface area contributed by atoms with E-state index >= 15 is 0 Å². The van der Waals surface area contributed by atoms with Gasteiger partial charge in [-0.3, -0.25) is 9.67 Å². The molecule has 0 saturated carbocycles. The molecule has 0 saturated heterocycles. The van der Waals surface area contributed by atoms with Crippen molar-refractivity contribution in [1.29, 1.82) is 0 Å². The zero-order chi connectivity index (χ0) is 9.64. The van der Waals surface area contributed by atoms with Crippen LogP contribution in [-0.4, -0.2) is 28.7 Å². The lowest BCUT2D eigenvalue weighted by Crippen LogP contribution is -2.29. The normalized spacial score (nSPS) is 16.4. The number of aliphatic imine (C=N–C) groups is 1. The van der Waals surface area contributed by atoms with Crippen molar-refractivity contribution in [1.82, 2.24) is 15.1 Å². The van der Waals surface area contributed by atoms with E-state index in [0.717, 1.165) is 26.1 Å². The van der Waals surface area contributed by atoms with Gasteiger partial charge in [-0.2, -0.15) is 5.10 Å². The van der Waals surface area contributed by atoms with Crippen molar-refractivity contribution in [3.05, 3.63) is 18.5 Å². The Hall–Kier alpha value is -1.32. The fourth-order valence-electron chi connectivity index (χ4n) is 1.59. The van der Waals surface area contributed by atoms with Crippen molar-refractivity contribution in [2.45, 2.75) is 25.8 Å². The Labute approximate surface area is 84.0 Å². The number of nitrogens with zero attached hydrogens (tertiary/aromatic N) is 3. The molecular formula is C10H16N4. The molecule has 0 fully saturated rings. The highest BCUT2D eigenvalue weighted by molar-refractivity contribution is 5.82. The lowest BCUT2D eigenvalue weighted by atomic mass is 10.2. The molecule has 1 aromatic heterocycles. The number of amidine groups is 1. The Morgan fingerprint density at radius 1 is 1.43 bits per heavy atom. The maximum absolute atomic E-state index is 4.42. The Bertz CT molecular complexity index is 289. The van der Waals surface area contributed by atoms with E-state index in [1.54, 1.807) is 6.20 Å². The first-order valence-corrected chi connectivity index (χ1v) is 5.20. The fraction of sp³-hybridized carbons (Fsp3) is 0.600. The summed E-state index contributed by atoms with van der Waals surface area (Å²) < 4.78 is 1.93. The number of hydrogen-bond acceptors (Lipinski definition) is 3. The van der Waals surface area contributed by atoms with Gasteiger partial charge in [0.1, 0.15) is 0 Å². The highest BCUT2D eigenvalue weighted by atomic mass is 15.3. The summed E-state index contributed by atoms with van der Waals surface area (Å²) in [5.74, 6) is 1.17. The first-order valence-electron chi connectivity index (χ1n) is 5.20. The summed E-state index contributed by atoms with van der Waals surface area (Å²) in [6.07, 6.45) is 7.40. The number of nitrogens with one attached hydrogen (secondary N) is 1. The van der Waals surface area contributed by atoms with E-state index in [-0.39, 0.29) is 0 Å². The van der Waals surface area contributed by atoms with Gasteiger partial charge in [-0.25, -0.2) is 0 Å². The quantitative estimate of drug-likeness (QED) is 0.778. The largest absolute Gasteiger partial charge is 0.372 e. The van der Waals surface area contributed by atoms with E-state index in [2.05, 4.69) is 15.4 Å². The first kappa shape index (κ1) is 9.24. The molecule has 0 atom stereocenters. The third-order valence-electron chi connectivity index (χ3n) is 2.35. The summed E-state index contributed by atoms with van der Waals surface area (Å²) in [6, 6.07) is 1.94. The molecule has 2 heterocycles. The van der Waals surface area contributed by atoms with E-state index in [4.69, 9.17) is 0 Å². The van der Waals surface area contributed by atoms with Crippen LogP contribution in [0.5, 0.6) is 0 Å². The predicted molar refractivity (Wildman–Crippen MR) is 56.4 cm³/mol. The second-order valence-electron chi connectivity index (χ2n) is 3.48. The molecule has 4 nitrogen and oxygen atoms in total. The van der Waals surface area contributed by atoms with Crippen molar-refractivity contribution in [3.8, 4) is 0 Å². The second-order valence-corrected chi connectivity index (χ2v) is 3.48. The Morgan fingerprint density at radius 3 is 3.14 bits per heavy atom. The summed E-state index contributed by atoms with van der Waals surface area (Å²) >= 11 is 0. The molecule has 0 aromatic carbocycles. The Balaban J connectivity index is 1.70. The third kappa shape index (κ3) is 2.58. The molecule has 0 unspecified atom stereocenters. The van der Waals surface area contributed by atoms with Gasteiger partial charge in [0.05, 0.1) is 12.4 Å². The Kier molecular flexibility index (Phi) is 3.16. The van der Waals surface area contributed by atoms with Crippen LogP contribution in [0, 0.1) is 0 Å². The highest BCUT2D eigenvalue weighted by Gasteiger charge is 2.03. The third-order valence-corrected chi connectivity index (χ3v) is 2.35. The van der Waals surface area contributed by atoms with Gasteiger partial charge in [-0.1, -0.05) is 0 Å². The van der Waals surface area contributed by atoms with Gasteiger partial charge >= 0.3 is 0 Å². The summed E-state index contributed by atoms with van der Waals surface area (Å²) in [5, 5.41) is 7.48. The van der Waals surface area contributed by atoms with Gasteiger partial charge in [0.25, 0.3) is 0 Å². The fourth-order valence-corrected chi connectivity index (χ4v) is 1.59. The summed E-state index contributed by atoms with van der Waals surface area (Å²) in [6.45, 7) is 2.82. The van der Waals surface area contributed by atoms with E-state index in [1.165, 1.54) is 18.7 Å². The van der Waals surface area contributed by atoms with Crippen LogP contribution in [-0.2, 0) is 6.54 Å². The number of hydrogen-bond donors (Lipinski definition) is 1. The van der Waals surface area contributed by atoms with Crippen LogP contribution in [0.25, 0.3) is 0 Å². The predicted octanol–water partition coefficient (Wildman–Crippen LogP) is 1.06. The van der Waals surface area contributed by atoms with E-state index < -0.39 is 0 Å². The summed E-state index contributed by atoms with van der Waals surface area (Å²) in [5.41, 5.74) is 0. The minimum Gasteiger partial charge on any atom is -0.372 e. The minimum absolute atomic E-state index is 0.909. The van der Waals surface area contributed by atoms with Crippen LogP contribution in [0.1, 0.15) is 19.3 Å². The van der Waals surface area contributed by atoms with E-state index in [9.17, 15) is 0 Å². The molecule has 76 valence electrons. The zero-order valence-corrected chi connectivity index (χ0v) is 8.32. The molecule has 0 amide bonds. The van der Waals surface area contributed by atoms with Crippen molar-refractivity contribution in [2.75, 3.05) is 13.1 Å². The molecule has 0 aliphatic carbocycles. The standard InChI is InChI=1S/C10H16N4/c1-2-5-11-10(4-1)12-7-9-14-8-3-6-13-14/h3,6,8H,1-2,4-5,7,9H2,(H,11,12). The molecule has 0 radical (unpaired) electrons.